The second kappa shape index (κ2) is 6.91. The largest absolute Gasteiger partial charge is 0.394 e. The van der Waals surface area contributed by atoms with Gasteiger partial charge in [-0.1, -0.05) is 12.1 Å². The maximum Gasteiger partial charge on any atom is 0.232 e. The highest BCUT2D eigenvalue weighted by molar-refractivity contribution is 7.92. The van der Waals surface area contributed by atoms with Gasteiger partial charge in [0.05, 0.1) is 24.3 Å². The lowest BCUT2D eigenvalue weighted by Gasteiger charge is -2.23. The number of hydrogen-bond donors (Lipinski definition) is 3. The van der Waals surface area contributed by atoms with Crippen LogP contribution < -0.4 is 10.0 Å². The summed E-state index contributed by atoms with van der Waals surface area (Å²) in [6, 6.07) is 6.62. The van der Waals surface area contributed by atoms with E-state index in [0.717, 1.165) is 5.56 Å². The molecule has 7 heteroatoms. The highest BCUT2D eigenvalue weighted by Gasteiger charge is 2.19. The number of anilines is 1. The number of hydrogen-bond acceptors (Lipinski definition) is 4. The lowest BCUT2D eigenvalue weighted by Crippen LogP contribution is -2.46. The second-order valence-corrected chi connectivity index (χ2v) is 7.48. The number of aliphatic hydroxyl groups excluding tert-OH is 1. The first kappa shape index (κ1) is 17.5. The quantitative estimate of drug-likeness (QED) is 0.696. The van der Waals surface area contributed by atoms with Crippen molar-refractivity contribution in [2.45, 2.75) is 32.7 Å². The van der Waals surface area contributed by atoms with Gasteiger partial charge in [0.25, 0.3) is 0 Å². The zero-order valence-electron chi connectivity index (χ0n) is 12.5. The Morgan fingerprint density at radius 1 is 1.24 bits per heavy atom. The molecule has 118 valence electrons. The minimum atomic E-state index is -3.29. The van der Waals surface area contributed by atoms with Crippen LogP contribution in [-0.2, 0) is 21.2 Å². The number of aliphatic hydroxyl groups is 1. The molecule has 21 heavy (non-hydrogen) atoms. The van der Waals surface area contributed by atoms with Gasteiger partial charge in [-0.25, -0.2) is 8.42 Å². The van der Waals surface area contributed by atoms with Gasteiger partial charge in [0.15, 0.2) is 0 Å². The van der Waals surface area contributed by atoms with E-state index < -0.39 is 15.6 Å². The summed E-state index contributed by atoms with van der Waals surface area (Å²) in [6.45, 7) is 4.88. The van der Waals surface area contributed by atoms with Crippen molar-refractivity contribution in [3.8, 4) is 0 Å². The van der Waals surface area contributed by atoms with Crippen molar-refractivity contribution in [2.24, 2.45) is 0 Å². The van der Waals surface area contributed by atoms with Gasteiger partial charge in [-0.15, -0.1) is 0 Å². The predicted molar refractivity (Wildman–Crippen MR) is 82.5 cm³/mol. The molecule has 0 bridgehead atoms. The summed E-state index contributed by atoms with van der Waals surface area (Å²) in [7, 11) is -3.29. The molecule has 0 unspecified atom stereocenters. The number of carbonyl (C=O) groups excluding carboxylic acids is 1. The fraction of sp³-hybridized carbons (Fsp3) is 0.500. The monoisotopic (exact) mass is 314 g/mol. The minimum absolute atomic E-state index is 0.00734. The number of carbonyl (C=O) groups is 1. The van der Waals surface area contributed by atoms with Crippen LogP contribution in [-0.4, -0.2) is 37.3 Å². The van der Waals surface area contributed by atoms with E-state index in [-0.39, 0.29) is 24.7 Å². The number of benzene rings is 1. The van der Waals surface area contributed by atoms with Crippen LogP contribution in [0.5, 0.6) is 0 Å². The fourth-order valence-electron chi connectivity index (χ4n) is 1.59. The molecular weight excluding hydrogens is 292 g/mol. The van der Waals surface area contributed by atoms with E-state index in [4.69, 9.17) is 5.11 Å². The van der Waals surface area contributed by atoms with Gasteiger partial charge >= 0.3 is 0 Å². The van der Waals surface area contributed by atoms with Crippen molar-refractivity contribution in [1.29, 1.82) is 0 Å². The van der Waals surface area contributed by atoms with Crippen LogP contribution in [0.15, 0.2) is 24.3 Å². The van der Waals surface area contributed by atoms with Crippen LogP contribution in [0.1, 0.15) is 26.3 Å². The molecule has 0 radical (unpaired) electrons. The first-order chi connectivity index (χ1) is 9.67. The van der Waals surface area contributed by atoms with Crippen LogP contribution in [0.3, 0.4) is 0 Å². The van der Waals surface area contributed by atoms with E-state index in [1.165, 1.54) is 0 Å². The van der Waals surface area contributed by atoms with Gasteiger partial charge in [-0.3, -0.25) is 9.52 Å². The number of amides is 1. The smallest absolute Gasteiger partial charge is 0.232 e. The molecule has 1 amide bonds. The third-order valence-corrected chi connectivity index (χ3v) is 4.15. The molecule has 0 aliphatic rings. The van der Waals surface area contributed by atoms with Gasteiger partial charge in [0.1, 0.15) is 0 Å². The lowest BCUT2D eigenvalue weighted by atomic mass is 10.1. The Kier molecular flexibility index (Phi) is 5.74. The molecule has 1 rings (SSSR count). The first-order valence-electron chi connectivity index (χ1n) is 6.69. The summed E-state index contributed by atoms with van der Waals surface area (Å²) >= 11 is 0. The SMILES string of the molecule is CCS(=O)(=O)Nc1ccc(CC(=O)NC(C)(C)CO)cc1. The summed E-state index contributed by atoms with van der Waals surface area (Å²) in [4.78, 5) is 11.8. The van der Waals surface area contributed by atoms with E-state index in [0.29, 0.717) is 5.69 Å². The average Bonchev–Trinajstić information content (AvgIpc) is 2.40. The maximum atomic E-state index is 11.8. The Bertz CT molecular complexity index is 579. The summed E-state index contributed by atoms with van der Waals surface area (Å²) in [5, 5.41) is 11.8. The summed E-state index contributed by atoms with van der Waals surface area (Å²) < 4.78 is 25.3. The number of rotatable bonds is 7. The Balaban J connectivity index is 2.65. The van der Waals surface area contributed by atoms with Crippen molar-refractivity contribution in [1.82, 2.24) is 5.32 Å². The predicted octanol–water partition coefficient (Wildman–Crippen LogP) is 0.878. The van der Waals surface area contributed by atoms with E-state index >= 15 is 0 Å². The highest BCUT2D eigenvalue weighted by Crippen LogP contribution is 2.12. The summed E-state index contributed by atoms with van der Waals surface area (Å²) in [6.07, 6.45) is 0.171. The van der Waals surface area contributed by atoms with Gasteiger partial charge < -0.3 is 10.4 Å². The molecule has 0 spiro atoms. The van der Waals surface area contributed by atoms with Gasteiger partial charge in [-0.2, -0.15) is 0 Å². The van der Waals surface area contributed by atoms with Crippen molar-refractivity contribution in [3.05, 3.63) is 29.8 Å². The molecule has 0 aromatic heterocycles. The Morgan fingerprint density at radius 3 is 2.29 bits per heavy atom. The third-order valence-electron chi connectivity index (χ3n) is 2.85. The van der Waals surface area contributed by atoms with E-state index in [2.05, 4.69) is 10.0 Å². The first-order valence-corrected chi connectivity index (χ1v) is 8.34. The number of sulfonamides is 1. The lowest BCUT2D eigenvalue weighted by molar-refractivity contribution is -0.122. The van der Waals surface area contributed by atoms with E-state index in [9.17, 15) is 13.2 Å². The minimum Gasteiger partial charge on any atom is -0.394 e. The molecule has 0 saturated carbocycles. The normalized spacial score (nSPS) is 12.0. The molecule has 0 aliphatic carbocycles. The third kappa shape index (κ3) is 6.14. The fourth-order valence-corrected chi connectivity index (χ4v) is 2.23. The second-order valence-electron chi connectivity index (χ2n) is 5.47. The molecule has 3 N–H and O–H groups in total. The molecule has 0 saturated heterocycles. The van der Waals surface area contributed by atoms with Crippen LogP contribution in [0, 0.1) is 0 Å². The molecule has 6 nitrogen and oxygen atoms in total. The molecule has 0 fully saturated rings. The van der Waals surface area contributed by atoms with Crippen molar-refractivity contribution < 1.29 is 18.3 Å². The Hall–Kier alpha value is -1.60. The van der Waals surface area contributed by atoms with E-state index in [1.54, 1.807) is 45.0 Å². The van der Waals surface area contributed by atoms with Gasteiger partial charge in [0.2, 0.25) is 15.9 Å². The van der Waals surface area contributed by atoms with Crippen LogP contribution in [0.4, 0.5) is 5.69 Å². The Morgan fingerprint density at radius 2 is 1.81 bits per heavy atom. The topological polar surface area (TPSA) is 95.5 Å². The van der Waals surface area contributed by atoms with Crippen LogP contribution in [0.25, 0.3) is 0 Å². The molecule has 1 aromatic carbocycles. The van der Waals surface area contributed by atoms with E-state index in [1.807, 2.05) is 0 Å². The highest BCUT2D eigenvalue weighted by atomic mass is 32.2. The summed E-state index contributed by atoms with van der Waals surface area (Å²) in [5.74, 6) is -0.191. The van der Waals surface area contributed by atoms with Gasteiger partial charge in [-0.05, 0) is 38.5 Å². The zero-order chi connectivity index (χ0) is 16.1. The molecule has 1 aromatic rings. The average molecular weight is 314 g/mol. The van der Waals surface area contributed by atoms with Gasteiger partial charge in [0, 0.05) is 5.69 Å². The van der Waals surface area contributed by atoms with Crippen molar-refractivity contribution in [3.63, 3.8) is 0 Å². The molecule has 0 atom stereocenters. The molecular formula is C14H22N2O4S. The van der Waals surface area contributed by atoms with Crippen LogP contribution >= 0.6 is 0 Å². The van der Waals surface area contributed by atoms with Crippen molar-refractivity contribution >= 4 is 21.6 Å². The van der Waals surface area contributed by atoms with Crippen molar-refractivity contribution in [2.75, 3.05) is 17.1 Å². The Labute approximate surface area is 125 Å². The van der Waals surface area contributed by atoms with Crippen LogP contribution in [0.2, 0.25) is 0 Å². The number of nitrogens with one attached hydrogen (secondary N) is 2. The zero-order valence-corrected chi connectivity index (χ0v) is 13.3. The standard InChI is InChI=1S/C14H22N2O4S/c1-4-21(19,20)16-12-7-5-11(6-8-12)9-13(18)15-14(2,3)10-17/h5-8,16-17H,4,9-10H2,1-3H3,(H,15,18). The summed E-state index contributed by atoms with van der Waals surface area (Å²) in [5.41, 5.74) is 0.575. The molecule has 0 aliphatic heterocycles. The molecule has 0 heterocycles. The maximum absolute atomic E-state index is 11.8.